The van der Waals surface area contributed by atoms with Crippen LogP contribution in [0.25, 0.3) is 11.8 Å². The SMILES string of the molecule is CC(=O)Oc1ccc(-n2c(C)cc(/C=C3\SC(=Nc4cc(C)c(Br)c(C)c4)NC3=O)c2C)cc1. The molecule has 0 unspecified atom stereocenters. The molecule has 1 aliphatic heterocycles. The monoisotopic (exact) mass is 537 g/mol. The van der Waals surface area contributed by atoms with E-state index in [1.54, 1.807) is 12.1 Å². The molecule has 0 atom stereocenters. The lowest BCUT2D eigenvalue weighted by Gasteiger charge is -2.10. The number of hydrogen-bond donors (Lipinski definition) is 1. The molecule has 0 radical (unpaired) electrons. The number of nitrogens with one attached hydrogen (secondary N) is 1. The summed E-state index contributed by atoms with van der Waals surface area (Å²) in [6, 6.07) is 13.4. The topological polar surface area (TPSA) is 72.7 Å². The van der Waals surface area contributed by atoms with Gasteiger partial charge < -0.3 is 14.6 Å². The van der Waals surface area contributed by atoms with E-state index in [0.717, 1.165) is 43.9 Å². The molecule has 1 aliphatic rings. The van der Waals surface area contributed by atoms with Crippen molar-refractivity contribution >= 4 is 56.5 Å². The van der Waals surface area contributed by atoms with Gasteiger partial charge in [0, 0.05) is 28.5 Å². The average molecular weight is 538 g/mol. The smallest absolute Gasteiger partial charge is 0.308 e. The Labute approximate surface area is 211 Å². The fourth-order valence-electron chi connectivity index (χ4n) is 3.89. The van der Waals surface area contributed by atoms with Gasteiger partial charge in [0.25, 0.3) is 5.91 Å². The molecule has 4 rings (SSSR count). The van der Waals surface area contributed by atoms with Crippen LogP contribution in [0.15, 0.2) is 56.8 Å². The Morgan fingerprint density at radius 2 is 1.74 bits per heavy atom. The third kappa shape index (κ3) is 5.03. The minimum Gasteiger partial charge on any atom is -0.427 e. The summed E-state index contributed by atoms with van der Waals surface area (Å²) < 4.78 is 8.29. The third-order valence-electron chi connectivity index (χ3n) is 5.42. The summed E-state index contributed by atoms with van der Waals surface area (Å²) in [7, 11) is 0. The van der Waals surface area contributed by atoms with Crippen LogP contribution in [0.2, 0.25) is 0 Å². The molecule has 34 heavy (non-hydrogen) atoms. The van der Waals surface area contributed by atoms with Gasteiger partial charge in [-0.05, 0) is 105 Å². The Balaban J connectivity index is 1.60. The van der Waals surface area contributed by atoms with Gasteiger partial charge in [0.1, 0.15) is 5.75 Å². The summed E-state index contributed by atoms with van der Waals surface area (Å²) in [6.07, 6.45) is 1.90. The van der Waals surface area contributed by atoms with E-state index in [1.165, 1.54) is 18.7 Å². The van der Waals surface area contributed by atoms with Gasteiger partial charge in [0.15, 0.2) is 5.17 Å². The molecular formula is C26H24BrN3O3S. The zero-order valence-electron chi connectivity index (χ0n) is 19.5. The molecule has 2 heterocycles. The number of halogens is 1. The van der Waals surface area contributed by atoms with E-state index in [2.05, 4.69) is 30.8 Å². The van der Waals surface area contributed by atoms with Crippen molar-refractivity contribution in [1.29, 1.82) is 0 Å². The first-order chi connectivity index (χ1) is 16.1. The van der Waals surface area contributed by atoms with E-state index in [9.17, 15) is 9.59 Å². The normalized spacial score (nSPS) is 15.8. The van der Waals surface area contributed by atoms with Crippen molar-refractivity contribution in [2.75, 3.05) is 0 Å². The number of nitrogens with zero attached hydrogens (tertiary/aromatic N) is 2. The Morgan fingerprint density at radius 1 is 1.09 bits per heavy atom. The van der Waals surface area contributed by atoms with Gasteiger partial charge in [-0.3, -0.25) is 9.59 Å². The molecular weight excluding hydrogens is 514 g/mol. The second kappa shape index (κ2) is 9.64. The summed E-state index contributed by atoms with van der Waals surface area (Å²) >= 11 is 4.90. The average Bonchev–Trinajstić information content (AvgIpc) is 3.24. The van der Waals surface area contributed by atoms with Crippen molar-refractivity contribution in [3.63, 3.8) is 0 Å². The Hall–Kier alpha value is -3.10. The van der Waals surface area contributed by atoms with Crippen LogP contribution in [-0.4, -0.2) is 21.6 Å². The van der Waals surface area contributed by atoms with E-state index in [-0.39, 0.29) is 11.9 Å². The zero-order chi connectivity index (χ0) is 24.6. The number of hydrogen-bond acceptors (Lipinski definition) is 5. The van der Waals surface area contributed by atoms with Crippen molar-refractivity contribution < 1.29 is 14.3 Å². The van der Waals surface area contributed by atoms with Crippen molar-refractivity contribution in [1.82, 2.24) is 9.88 Å². The Kier molecular flexibility index (Phi) is 6.81. The molecule has 8 heteroatoms. The van der Waals surface area contributed by atoms with Gasteiger partial charge in [-0.1, -0.05) is 15.9 Å². The van der Waals surface area contributed by atoms with Gasteiger partial charge in [-0.15, -0.1) is 0 Å². The number of ether oxygens (including phenoxy) is 1. The van der Waals surface area contributed by atoms with E-state index in [4.69, 9.17) is 4.74 Å². The standard InChI is InChI=1S/C26H24BrN3O3S/c1-14-10-20(11-15(2)24(14)27)28-26-29-25(32)23(34-26)13-19-12-16(3)30(17(19)4)21-6-8-22(9-7-21)33-18(5)31/h6-13H,1-5H3,(H,28,29,32)/b23-13-. The maximum absolute atomic E-state index is 12.6. The number of aromatic nitrogens is 1. The largest absolute Gasteiger partial charge is 0.427 e. The maximum atomic E-state index is 12.6. The summed E-state index contributed by atoms with van der Waals surface area (Å²) in [5.41, 5.74) is 6.93. The molecule has 0 saturated carbocycles. The molecule has 0 aliphatic carbocycles. The van der Waals surface area contributed by atoms with Crippen molar-refractivity contribution in [3.05, 3.63) is 79.9 Å². The molecule has 6 nitrogen and oxygen atoms in total. The van der Waals surface area contributed by atoms with E-state index < -0.39 is 0 Å². The number of benzene rings is 2. The maximum Gasteiger partial charge on any atom is 0.308 e. The van der Waals surface area contributed by atoms with Crippen LogP contribution < -0.4 is 10.1 Å². The molecule has 1 aromatic heterocycles. The highest BCUT2D eigenvalue weighted by molar-refractivity contribution is 9.10. The molecule has 0 bridgehead atoms. The van der Waals surface area contributed by atoms with Crippen molar-refractivity contribution in [2.24, 2.45) is 4.99 Å². The number of esters is 1. The molecule has 1 N–H and O–H groups in total. The highest BCUT2D eigenvalue weighted by Crippen LogP contribution is 2.32. The first-order valence-corrected chi connectivity index (χ1v) is 12.3. The highest BCUT2D eigenvalue weighted by atomic mass is 79.9. The second-order valence-corrected chi connectivity index (χ2v) is 9.95. The predicted octanol–water partition coefficient (Wildman–Crippen LogP) is 6.29. The van der Waals surface area contributed by atoms with E-state index in [1.807, 2.05) is 64.1 Å². The van der Waals surface area contributed by atoms with E-state index in [0.29, 0.717) is 15.8 Å². The quantitative estimate of drug-likeness (QED) is 0.241. The van der Waals surface area contributed by atoms with E-state index >= 15 is 0 Å². The van der Waals surface area contributed by atoms with Crippen LogP contribution in [0.1, 0.15) is 35.0 Å². The van der Waals surface area contributed by atoms with Gasteiger partial charge in [0.05, 0.1) is 10.6 Å². The fraction of sp³-hybridized carbons (Fsp3) is 0.192. The molecule has 1 fully saturated rings. The predicted molar refractivity (Wildman–Crippen MR) is 141 cm³/mol. The minimum absolute atomic E-state index is 0.162. The second-order valence-electron chi connectivity index (χ2n) is 8.12. The minimum atomic E-state index is -0.351. The number of amidine groups is 1. The molecule has 1 saturated heterocycles. The number of aliphatic imine (C=N–C) groups is 1. The van der Waals surface area contributed by atoms with Gasteiger partial charge in [-0.2, -0.15) is 0 Å². The van der Waals surface area contributed by atoms with Crippen molar-refractivity contribution in [3.8, 4) is 11.4 Å². The lowest BCUT2D eigenvalue weighted by Crippen LogP contribution is -2.19. The van der Waals surface area contributed by atoms with Crippen LogP contribution in [0.3, 0.4) is 0 Å². The summed E-state index contributed by atoms with van der Waals surface area (Å²) in [4.78, 5) is 29.0. The lowest BCUT2D eigenvalue weighted by atomic mass is 10.1. The summed E-state index contributed by atoms with van der Waals surface area (Å²) in [5, 5.41) is 3.43. The summed E-state index contributed by atoms with van der Waals surface area (Å²) in [5.74, 6) is -0.0106. The fourth-order valence-corrected chi connectivity index (χ4v) is 4.95. The van der Waals surface area contributed by atoms with Crippen LogP contribution in [0, 0.1) is 27.7 Å². The molecule has 3 aromatic rings. The number of carbonyl (C=O) groups excluding carboxylic acids is 2. The Morgan fingerprint density at radius 3 is 2.35 bits per heavy atom. The lowest BCUT2D eigenvalue weighted by molar-refractivity contribution is -0.131. The number of aryl methyl sites for hydroxylation is 3. The zero-order valence-corrected chi connectivity index (χ0v) is 21.9. The number of carbonyl (C=O) groups is 2. The number of rotatable bonds is 4. The van der Waals surface area contributed by atoms with Crippen molar-refractivity contribution in [2.45, 2.75) is 34.6 Å². The number of thioether (sulfide) groups is 1. The third-order valence-corrected chi connectivity index (χ3v) is 7.58. The van der Waals surface area contributed by atoms with Gasteiger partial charge in [-0.25, -0.2) is 4.99 Å². The first kappa shape index (κ1) is 24.0. The molecule has 174 valence electrons. The molecule has 0 spiro atoms. The van der Waals surface area contributed by atoms with Gasteiger partial charge >= 0.3 is 5.97 Å². The highest BCUT2D eigenvalue weighted by Gasteiger charge is 2.25. The van der Waals surface area contributed by atoms with Crippen LogP contribution in [0.4, 0.5) is 5.69 Å². The Bertz CT molecular complexity index is 1350. The van der Waals surface area contributed by atoms with Crippen LogP contribution >= 0.6 is 27.7 Å². The van der Waals surface area contributed by atoms with Crippen LogP contribution in [-0.2, 0) is 9.59 Å². The number of amides is 1. The molecule has 2 aromatic carbocycles. The summed E-state index contributed by atoms with van der Waals surface area (Å²) in [6.45, 7) is 9.45. The van der Waals surface area contributed by atoms with Crippen LogP contribution in [0.5, 0.6) is 5.75 Å². The van der Waals surface area contributed by atoms with Gasteiger partial charge in [0.2, 0.25) is 0 Å². The first-order valence-electron chi connectivity index (χ1n) is 10.7. The molecule has 1 amide bonds.